The van der Waals surface area contributed by atoms with E-state index in [-0.39, 0.29) is 19.1 Å². The molecule has 0 aromatic carbocycles. The van der Waals surface area contributed by atoms with Gasteiger partial charge in [0.25, 0.3) is 0 Å². The average molecular weight is 276 g/mol. The molecule has 0 unspecified atom stereocenters. The number of alkyl halides is 3. The van der Waals surface area contributed by atoms with Crippen molar-refractivity contribution in [3.8, 4) is 0 Å². The molecule has 0 aliphatic heterocycles. The van der Waals surface area contributed by atoms with Crippen LogP contribution in [0, 0.1) is 0 Å². The summed E-state index contributed by atoms with van der Waals surface area (Å²) in [6.07, 6.45) is -1.09. The lowest BCUT2D eigenvalue weighted by atomic mass is 10.3. The first-order valence-corrected chi connectivity index (χ1v) is 6.04. The molecule has 1 N–H and O–H groups in total. The van der Waals surface area contributed by atoms with Gasteiger partial charge in [-0.05, 0) is 25.0 Å². The fourth-order valence-corrected chi connectivity index (χ4v) is 1.67. The van der Waals surface area contributed by atoms with Gasteiger partial charge in [0.05, 0.1) is 19.4 Å². The third kappa shape index (κ3) is 4.94. The Hall–Kier alpha value is -1.50. The highest BCUT2D eigenvalue weighted by atomic mass is 19.4. The van der Waals surface area contributed by atoms with Gasteiger partial charge in [0.1, 0.15) is 12.3 Å². The smallest absolute Gasteiger partial charge is 0.406 e. The monoisotopic (exact) mass is 276 g/mol. The maximum Gasteiger partial charge on any atom is 0.406 e. The van der Waals surface area contributed by atoms with Crippen LogP contribution in [0.1, 0.15) is 18.6 Å². The molecule has 0 radical (unpaired) electrons. The van der Waals surface area contributed by atoms with Gasteiger partial charge in [-0.3, -0.25) is 4.79 Å². The van der Waals surface area contributed by atoms with E-state index >= 15 is 0 Å². The van der Waals surface area contributed by atoms with Gasteiger partial charge in [0, 0.05) is 6.04 Å². The van der Waals surface area contributed by atoms with Gasteiger partial charge in [0.15, 0.2) is 0 Å². The number of nitrogens with one attached hydrogen (secondary N) is 1. The third-order valence-corrected chi connectivity index (χ3v) is 2.77. The van der Waals surface area contributed by atoms with E-state index in [2.05, 4.69) is 5.32 Å². The summed E-state index contributed by atoms with van der Waals surface area (Å²) in [5.74, 6) is -0.232. The Balaban J connectivity index is 1.93. The predicted octanol–water partition coefficient (Wildman–Crippen LogP) is 1.92. The van der Waals surface area contributed by atoms with Crippen molar-refractivity contribution in [1.29, 1.82) is 0 Å². The summed E-state index contributed by atoms with van der Waals surface area (Å²) < 4.78 is 42.4. The van der Waals surface area contributed by atoms with E-state index in [0.29, 0.717) is 5.76 Å². The molecule has 1 aromatic heterocycles. The SMILES string of the molecule is O=C(CNC1CC1)N(Cc1ccco1)CC(F)(F)F. The van der Waals surface area contributed by atoms with Crippen LogP contribution in [0.2, 0.25) is 0 Å². The molecule has 1 aliphatic rings. The summed E-state index contributed by atoms with van der Waals surface area (Å²) in [6.45, 7) is -1.50. The Kier molecular flexibility index (Phi) is 4.14. The molecule has 106 valence electrons. The van der Waals surface area contributed by atoms with Crippen LogP contribution in [-0.4, -0.2) is 36.1 Å². The highest BCUT2D eigenvalue weighted by Crippen LogP contribution is 2.20. The molecular weight excluding hydrogens is 261 g/mol. The molecule has 4 nitrogen and oxygen atoms in total. The quantitative estimate of drug-likeness (QED) is 0.863. The van der Waals surface area contributed by atoms with Crippen LogP contribution in [0.4, 0.5) is 13.2 Å². The van der Waals surface area contributed by atoms with Gasteiger partial charge >= 0.3 is 6.18 Å². The van der Waals surface area contributed by atoms with Gasteiger partial charge in [0.2, 0.25) is 5.91 Å². The zero-order valence-electron chi connectivity index (χ0n) is 10.2. The summed E-state index contributed by atoms with van der Waals surface area (Å²) in [6, 6.07) is 3.40. The molecule has 19 heavy (non-hydrogen) atoms. The Morgan fingerprint density at radius 2 is 2.21 bits per heavy atom. The Bertz CT molecular complexity index is 413. The fourth-order valence-electron chi connectivity index (χ4n) is 1.67. The minimum atomic E-state index is -4.41. The minimum Gasteiger partial charge on any atom is -0.467 e. The largest absolute Gasteiger partial charge is 0.467 e. The molecule has 0 bridgehead atoms. The average Bonchev–Trinajstić information content (AvgIpc) is 3.00. The van der Waals surface area contributed by atoms with E-state index < -0.39 is 18.6 Å². The number of hydrogen-bond acceptors (Lipinski definition) is 3. The Labute approximate surface area is 108 Å². The van der Waals surface area contributed by atoms with E-state index in [1.54, 1.807) is 12.1 Å². The molecule has 1 aromatic rings. The van der Waals surface area contributed by atoms with E-state index in [0.717, 1.165) is 17.7 Å². The van der Waals surface area contributed by atoms with Crippen LogP contribution in [0.5, 0.6) is 0 Å². The number of furan rings is 1. The van der Waals surface area contributed by atoms with E-state index in [1.165, 1.54) is 6.26 Å². The number of amides is 1. The van der Waals surface area contributed by atoms with E-state index in [1.807, 2.05) is 0 Å². The predicted molar refractivity (Wildman–Crippen MR) is 61.2 cm³/mol. The second kappa shape index (κ2) is 5.64. The molecule has 1 fully saturated rings. The summed E-state index contributed by atoms with van der Waals surface area (Å²) in [5.41, 5.74) is 0. The van der Waals surface area contributed by atoms with E-state index in [9.17, 15) is 18.0 Å². The lowest BCUT2D eigenvalue weighted by Crippen LogP contribution is -2.43. The summed E-state index contributed by atoms with van der Waals surface area (Å²) in [5, 5.41) is 2.91. The molecule has 7 heteroatoms. The van der Waals surface area contributed by atoms with Crippen molar-refractivity contribution in [2.75, 3.05) is 13.1 Å². The molecule has 0 atom stereocenters. The number of carbonyl (C=O) groups excluding carboxylic acids is 1. The normalized spacial score (nSPS) is 15.5. The standard InChI is InChI=1S/C12H15F3N2O2/c13-12(14,15)8-17(7-10-2-1-5-19-10)11(18)6-16-9-3-4-9/h1-2,5,9,16H,3-4,6-8H2. The van der Waals surface area contributed by atoms with Crippen LogP contribution in [0.15, 0.2) is 22.8 Å². The number of halogens is 3. The lowest BCUT2D eigenvalue weighted by molar-refractivity contribution is -0.162. The second-order valence-corrected chi connectivity index (χ2v) is 4.60. The van der Waals surface area contributed by atoms with Gasteiger partial charge in [-0.15, -0.1) is 0 Å². The highest BCUT2D eigenvalue weighted by molar-refractivity contribution is 5.78. The van der Waals surface area contributed by atoms with Crippen molar-refractivity contribution in [2.24, 2.45) is 0 Å². The van der Waals surface area contributed by atoms with Gasteiger partial charge < -0.3 is 14.6 Å². The van der Waals surface area contributed by atoms with Crippen molar-refractivity contribution in [3.05, 3.63) is 24.2 Å². The summed E-state index contributed by atoms with van der Waals surface area (Å²) in [7, 11) is 0. The minimum absolute atomic E-state index is 0.0680. The highest BCUT2D eigenvalue weighted by Gasteiger charge is 2.33. The summed E-state index contributed by atoms with van der Waals surface area (Å²) >= 11 is 0. The third-order valence-electron chi connectivity index (χ3n) is 2.77. The zero-order chi connectivity index (χ0) is 13.9. The Morgan fingerprint density at radius 3 is 2.74 bits per heavy atom. The lowest BCUT2D eigenvalue weighted by Gasteiger charge is -2.23. The van der Waals surface area contributed by atoms with Crippen LogP contribution < -0.4 is 5.32 Å². The molecule has 1 aliphatic carbocycles. The van der Waals surface area contributed by atoms with Crippen LogP contribution in [-0.2, 0) is 11.3 Å². The molecule has 0 saturated heterocycles. The molecule has 2 rings (SSSR count). The molecule has 1 heterocycles. The first-order valence-electron chi connectivity index (χ1n) is 6.04. The van der Waals surface area contributed by atoms with Crippen LogP contribution in [0.25, 0.3) is 0 Å². The van der Waals surface area contributed by atoms with Crippen molar-refractivity contribution < 1.29 is 22.4 Å². The van der Waals surface area contributed by atoms with Crippen LogP contribution in [0.3, 0.4) is 0 Å². The van der Waals surface area contributed by atoms with Gasteiger partial charge in [-0.2, -0.15) is 13.2 Å². The zero-order valence-corrected chi connectivity index (χ0v) is 10.2. The number of hydrogen-bond donors (Lipinski definition) is 1. The molecule has 1 amide bonds. The maximum absolute atomic E-state index is 12.5. The maximum atomic E-state index is 12.5. The van der Waals surface area contributed by atoms with Gasteiger partial charge in [-0.1, -0.05) is 0 Å². The Morgan fingerprint density at radius 1 is 1.47 bits per heavy atom. The van der Waals surface area contributed by atoms with Gasteiger partial charge in [-0.25, -0.2) is 0 Å². The number of carbonyl (C=O) groups is 1. The molecular formula is C12H15F3N2O2. The van der Waals surface area contributed by atoms with Crippen molar-refractivity contribution in [3.63, 3.8) is 0 Å². The van der Waals surface area contributed by atoms with Crippen molar-refractivity contribution in [2.45, 2.75) is 31.6 Å². The van der Waals surface area contributed by atoms with Crippen molar-refractivity contribution in [1.82, 2.24) is 10.2 Å². The molecule has 0 spiro atoms. The molecule has 1 saturated carbocycles. The number of rotatable bonds is 6. The topological polar surface area (TPSA) is 45.5 Å². The van der Waals surface area contributed by atoms with Crippen LogP contribution >= 0.6 is 0 Å². The first kappa shape index (κ1) is 13.9. The van der Waals surface area contributed by atoms with E-state index in [4.69, 9.17) is 4.42 Å². The van der Waals surface area contributed by atoms with Crippen molar-refractivity contribution >= 4 is 5.91 Å². The second-order valence-electron chi connectivity index (χ2n) is 4.60. The fraction of sp³-hybridized carbons (Fsp3) is 0.583. The first-order chi connectivity index (χ1) is 8.94. The number of nitrogens with zero attached hydrogens (tertiary/aromatic N) is 1. The summed E-state index contributed by atoms with van der Waals surface area (Å²) in [4.78, 5) is 12.6.